The molecule has 23 heavy (non-hydrogen) atoms. The zero-order valence-electron chi connectivity index (χ0n) is 13.2. The number of amides is 1. The van der Waals surface area contributed by atoms with E-state index < -0.39 is 0 Å². The second kappa shape index (κ2) is 8.73. The first-order chi connectivity index (χ1) is 11.1. The lowest BCUT2D eigenvalue weighted by atomic mass is 10.2. The maximum absolute atomic E-state index is 11.8. The molecule has 0 aromatic heterocycles. The minimum atomic E-state index is -0.347. The number of nitrogens with one attached hydrogen (secondary N) is 1. The molecule has 0 saturated carbocycles. The van der Waals surface area contributed by atoms with Crippen molar-refractivity contribution in [1.82, 2.24) is 0 Å². The Morgan fingerprint density at radius 3 is 2.52 bits per heavy atom. The molecular weight excluding hydrogens is 290 g/mol. The molecule has 1 N–H and O–H groups in total. The summed E-state index contributed by atoms with van der Waals surface area (Å²) in [5, 5.41) is 2.77. The molecule has 4 heteroatoms. The number of carbonyl (C=O) groups is 2. The molecule has 0 aliphatic heterocycles. The molecule has 4 nitrogen and oxygen atoms in total. The summed E-state index contributed by atoms with van der Waals surface area (Å²) in [6.45, 7) is 2.29. The van der Waals surface area contributed by atoms with E-state index in [9.17, 15) is 9.59 Å². The minimum absolute atomic E-state index is 0.0897. The summed E-state index contributed by atoms with van der Waals surface area (Å²) in [7, 11) is 0. The Hall–Kier alpha value is -2.62. The van der Waals surface area contributed by atoms with Crippen LogP contribution in [0.2, 0.25) is 0 Å². The van der Waals surface area contributed by atoms with Crippen LogP contribution in [-0.2, 0) is 20.7 Å². The third-order valence-electron chi connectivity index (χ3n) is 3.35. The number of ether oxygens (including phenoxy) is 1. The lowest BCUT2D eigenvalue weighted by Crippen LogP contribution is -2.15. The van der Waals surface area contributed by atoms with Gasteiger partial charge in [-0.3, -0.25) is 9.59 Å². The molecular formula is C19H21NO3. The first-order valence-electron chi connectivity index (χ1n) is 7.69. The molecule has 0 saturated heterocycles. The summed E-state index contributed by atoms with van der Waals surface area (Å²) in [5.41, 5.74) is 2.94. The summed E-state index contributed by atoms with van der Waals surface area (Å²) < 4.78 is 5.15. The molecule has 0 aliphatic rings. The highest BCUT2D eigenvalue weighted by atomic mass is 16.5. The Balaban J connectivity index is 1.65. The van der Waals surface area contributed by atoms with Crippen LogP contribution >= 0.6 is 0 Å². The van der Waals surface area contributed by atoms with Crippen molar-refractivity contribution >= 4 is 17.6 Å². The number of rotatable bonds is 7. The fourth-order valence-corrected chi connectivity index (χ4v) is 2.16. The van der Waals surface area contributed by atoms with Crippen molar-refractivity contribution < 1.29 is 14.3 Å². The highest BCUT2D eigenvalue weighted by Crippen LogP contribution is 2.10. The third-order valence-corrected chi connectivity index (χ3v) is 3.35. The number of hydrogen-bond acceptors (Lipinski definition) is 3. The molecule has 0 bridgehead atoms. The Kier molecular flexibility index (Phi) is 6.36. The highest BCUT2D eigenvalue weighted by Gasteiger charge is 2.08. The first-order valence-corrected chi connectivity index (χ1v) is 7.69. The van der Waals surface area contributed by atoms with Gasteiger partial charge in [-0.15, -0.1) is 0 Å². The second-order valence-electron chi connectivity index (χ2n) is 5.37. The summed E-state index contributed by atoms with van der Waals surface area (Å²) >= 11 is 0. The number of benzene rings is 2. The van der Waals surface area contributed by atoms with Gasteiger partial charge in [0.25, 0.3) is 0 Å². The molecule has 120 valence electrons. The number of carbonyl (C=O) groups excluding carboxylic acids is 2. The van der Waals surface area contributed by atoms with Crippen molar-refractivity contribution in [2.24, 2.45) is 0 Å². The van der Waals surface area contributed by atoms with Crippen molar-refractivity contribution in [1.29, 1.82) is 0 Å². The average molecular weight is 311 g/mol. The van der Waals surface area contributed by atoms with E-state index in [0.717, 1.165) is 16.8 Å². The summed E-state index contributed by atoms with van der Waals surface area (Å²) in [4.78, 5) is 23.4. The van der Waals surface area contributed by atoms with E-state index in [-0.39, 0.29) is 24.7 Å². The van der Waals surface area contributed by atoms with E-state index >= 15 is 0 Å². The summed E-state index contributed by atoms with van der Waals surface area (Å²) in [6, 6.07) is 17.4. The van der Waals surface area contributed by atoms with E-state index in [1.165, 1.54) is 0 Å². The summed E-state index contributed by atoms with van der Waals surface area (Å²) in [6.07, 6.45) is 0.895. The van der Waals surface area contributed by atoms with Crippen molar-refractivity contribution in [3.05, 3.63) is 65.7 Å². The van der Waals surface area contributed by atoms with Crippen LogP contribution in [-0.4, -0.2) is 18.5 Å². The van der Waals surface area contributed by atoms with E-state index in [2.05, 4.69) is 5.32 Å². The maximum atomic E-state index is 11.8. The molecule has 2 aromatic carbocycles. The van der Waals surface area contributed by atoms with Crippen LogP contribution in [0.4, 0.5) is 5.69 Å². The molecule has 2 rings (SSSR count). The zero-order chi connectivity index (χ0) is 16.5. The van der Waals surface area contributed by atoms with Crippen molar-refractivity contribution in [3.63, 3.8) is 0 Å². The molecule has 0 radical (unpaired) electrons. The number of hydrogen-bond donors (Lipinski definition) is 1. The number of anilines is 1. The van der Waals surface area contributed by atoms with Gasteiger partial charge in [0.2, 0.25) is 5.91 Å². The SMILES string of the molecule is Cc1cccc(NC(=O)CCC(=O)OCCc2ccccc2)c1. The van der Waals surface area contributed by atoms with Crippen molar-refractivity contribution in [2.45, 2.75) is 26.2 Å². The highest BCUT2D eigenvalue weighted by molar-refractivity contribution is 5.92. The molecule has 0 atom stereocenters. The Bertz CT molecular complexity index is 653. The Labute approximate surface area is 136 Å². The third kappa shape index (κ3) is 6.34. The second-order valence-corrected chi connectivity index (χ2v) is 5.37. The van der Waals surface area contributed by atoms with E-state index in [1.807, 2.05) is 61.5 Å². The maximum Gasteiger partial charge on any atom is 0.306 e. The van der Waals surface area contributed by atoms with Gasteiger partial charge in [0.1, 0.15) is 0 Å². The molecule has 0 fully saturated rings. The van der Waals surface area contributed by atoms with Crippen LogP contribution in [0.5, 0.6) is 0 Å². The van der Waals surface area contributed by atoms with Crippen LogP contribution in [0.15, 0.2) is 54.6 Å². The Morgan fingerprint density at radius 2 is 1.78 bits per heavy atom. The van der Waals surface area contributed by atoms with Gasteiger partial charge in [0, 0.05) is 18.5 Å². The van der Waals surface area contributed by atoms with Gasteiger partial charge in [-0.05, 0) is 30.2 Å². The van der Waals surface area contributed by atoms with Gasteiger partial charge in [-0.2, -0.15) is 0 Å². The van der Waals surface area contributed by atoms with Gasteiger partial charge in [-0.25, -0.2) is 0 Å². The number of aryl methyl sites for hydroxylation is 1. The van der Waals surface area contributed by atoms with Gasteiger partial charge >= 0.3 is 5.97 Å². The quantitative estimate of drug-likeness (QED) is 0.796. The molecule has 0 spiro atoms. The fourth-order valence-electron chi connectivity index (χ4n) is 2.16. The van der Waals surface area contributed by atoms with E-state index in [1.54, 1.807) is 0 Å². The van der Waals surface area contributed by atoms with Crippen LogP contribution in [0, 0.1) is 6.92 Å². The topological polar surface area (TPSA) is 55.4 Å². The van der Waals surface area contributed by atoms with Crippen LogP contribution < -0.4 is 5.32 Å². The van der Waals surface area contributed by atoms with Crippen LogP contribution in [0.3, 0.4) is 0 Å². The summed E-state index contributed by atoms with van der Waals surface area (Å²) in [5.74, 6) is -0.532. The predicted molar refractivity (Wildman–Crippen MR) is 90.1 cm³/mol. The first kappa shape index (κ1) is 16.7. The number of esters is 1. The van der Waals surface area contributed by atoms with Gasteiger partial charge < -0.3 is 10.1 Å². The predicted octanol–water partition coefficient (Wildman–Crippen LogP) is 3.50. The van der Waals surface area contributed by atoms with E-state index in [4.69, 9.17) is 4.74 Å². The molecule has 2 aromatic rings. The molecule has 1 amide bonds. The minimum Gasteiger partial charge on any atom is -0.465 e. The largest absolute Gasteiger partial charge is 0.465 e. The normalized spacial score (nSPS) is 10.1. The van der Waals surface area contributed by atoms with Crippen molar-refractivity contribution in [2.75, 3.05) is 11.9 Å². The van der Waals surface area contributed by atoms with Crippen LogP contribution in [0.25, 0.3) is 0 Å². The van der Waals surface area contributed by atoms with Crippen molar-refractivity contribution in [3.8, 4) is 0 Å². The molecule has 0 heterocycles. The zero-order valence-corrected chi connectivity index (χ0v) is 13.2. The lowest BCUT2D eigenvalue weighted by Gasteiger charge is -2.07. The van der Waals surface area contributed by atoms with Gasteiger partial charge in [0.05, 0.1) is 13.0 Å². The molecule has 0 aliphatic carbocycles. The smallest absolute Gasteiger partial charge is 0.306 e. The lowest BCUT2D eigenvalue weighted by molar-refractivity contribution is -0.144. The van der Waals surface area contributed by atoms with Gasteiger partial charge in [0.15, 0.2) is 0 Å². The van der Waals surface area contributed by atoms with Crippen LogP contribution in [0.1, 0.15) is 24.0 Å². The standard InChI is InChI=1S/C19H21NO3/c1-15-6-5-9-17(14-15)20-18(21)10-11-19(22)23-13-12-16-7-3-2-4-8-16/h2-9,14H,10-13H2,1H3,(H,20,21). The fraction of sp³-hybridized carbons (Fsp3) is 0.263. The Morgan fingerprint density at radius 1 is 1.00 bits per heavy atom. The van der Waals surface area contributed by atoms with E-state index in [0.29, 0.717) is 13.0 Å². The van der Waals surface area contributed by atoms with Gasteiger partial charge in [-0.1, -0.05) is 42.5 Å². The monoisotopic (exact) mass is 311 g/mol. The average Bonchev–Trinajstić information content (AvgIpc) is 2.54. The molecule has 0 unspecified atom stereocenters.